The first-order valence-electron chi connectivity index (χ1n) is 8.50. The van der Waals surface area contributed by atoms with Gasteiger partial charge in [0.1, 0.15) is 6.07 Å². The summed E-state index contributed by atoms with van der Waals surface area (Å²) in [5.41, 5.74) is 3.09. The fourth-order valence-corrected chi connectivity index (χ4v) is 3.28. The highest BCUT2D eigenvalue weighted by Crippen LogP contribution is 2.16. The molecule has 7 nitrogen and oxygen atoms in total. The van der Waals surface area contributed by atoms with E-state index in [0.29, 0.717) is 17.9 Å². The van der Waals surface area contributed by atoms with Crippen LogP contribution in [0.4, 0.5) is 11.6 Å². The van der Waals surface area contributed by atoms with Crippen molar-refractivity contribution < 1.29 is 12.6 Å². The van der Waals surface area contributed by atoms with E-state index in [1.54, 1.807) is 12.1 Å². The second-order valence-electron chi connectivity index (χ2n) is 6.07. The van der Waals surface area contributed by atoms with Gasteiger partial charge in [-0.1, -0.05) is 29.8 Å². The normalized spacial score (nSPS) is 11.0. The summed E-state index contributed by atoms with van der Waals surface area (Å²) in [6.07, 6.45) is 3.34. The topological polar surface area (TPSA) is 105 Å². The Labute approximate surface area is 163 Å². The maximum Gasteiger partial charge on any atom is 0.296 e. The third kappa shape index (κ3) is 5.13. The summed E-state index contributed by atoms with van der Waals surface area (Å²) in [6.45, 7) is 1.95. The Morgan fingerprint density at radius 3 is 2.29 bits per heavy atom. The molecule has 2 aromatic carbocycles. The van der Waals surface area contributed by atoms with E-state index in [2.05, 4.69) is 15.3 Å². The molecule has 0 bridgehead atoms. The fraction of sp³-hybridized carbons (Fsp3) is 0.150. The van der Waals surface area contributed by atoms with Crippen molar-refractivity contribution in [3.8, 4) is 6.07 Å². The fourth-order valence-electron chi connectivity index (χ4n) is 2.38. The van der Waals surface area contributed by atoms with Gasteiger partial charge in [-0.05, 0) is 43.2 Å². The number of nitriles is 1. The zero-order valence-electron chi connectivity index (χ0n) is 15.2. The minimum absolute atomic E-state index is 0.0573. The molecule has 0 fully saturated rings. The van der Waals surface area contributed by atoms with Gasteiger partial charge < -0.3 is 5.32 Å². The van der Waals surface area contributed by atoms with Gasteiger partial charge in [-0.3, -0.25) is 4.18 Å². The summed E-state index contributed by atoms with van der Waals surface area (Å²) in [6, 6.07) is 15.9. The lowest BCUT2D eigenvalue weighted by molar-refractivity contribution is 0.322. The van der Waals surface area contributed by atoms with E-state index in [1.165, 1.54) is 24.5 Å². The second-order valence-corrected chi connectivity index (χ2v) is 7.68. The molecule has 142 valence electrons. The molecule has 0 saturated carbocycles. The summed E-state index contributed by atoms with van der Waals surface area (Å²) >= 11 is 0. The molecule has 0 saturated heterocycles. The number of hydrogen-bond acceptors (Lipinski definition) is 7. The summed E-state index contributed by atoms with van der Waals surface area (Å²) in [5, 5.41) is 11.8. The van der Waals surface area contributed by atoms with Crippen molar-refractivity contribution >= 4 is 21.8 Å². The molecule has 0 unspecified atom stereocenters. The number of anilines is 2. The van der Waals surface area contributed by atoms with Crippen LogP contribution in [0.1, 0.15) is 16.7 Å². The van der Waals surface area contributed by atoms with Crippen molar-refractivity contribution in [2.75, 3.05) is 11.9 Å². The van der Waals surface area contributed by atoms with Crippen LogP contribution in [0, 0.1) is 18.3 Å². The van der Waals surface area contributed by atoms with Crippen molar-refractivity contribution in [3.63, 3.8) is 0 Å². The Bertz CT molecular complexity index is 1070. The lowest BCUT2D eigenvalue weighted by Gasteiger charge is -2.08. The molecule has 3 aromatic rings. The highest BCUT2D eigenvalue weighted by atomic mass is 32.2. The number of aromatic nitrogens is 2. The van der Waals surface area contributed by atoms with Crippen LogP contribution in [0.2, 0.25) is 0 Å². The molecule has 1 N–H and O–H groups in total. The lowest BCUT2D eigenvalue weighted by atomic mass is 10.1. The van der Waals surface area contributed by atoms with Crippen LogP contribution in [-0.4, -0.2) is 25.0 Å². The maximum atomic E-state index is 12.2. The highest BCUT2D eigenvalue weighted by Gasteiger charge is 2.14. The molecule has 0 amide bonds. The first-order valence-corrected chi connectivity index (χ1v) is 9.91. The smallest absolute Gasteiger partial charge is 0.296 e. The number of benzene rings is 2. The Kier molecular flexibility index (Phi) is 5.99. The number of nitrogens with zero attached hydrogens (tertiary/aromatic N) is 3. The van der Waals surface area contributed by atoms with Crippen molar-refractivity contribution in [2.45, 2.75) is 18.2 Å². The Morgan fingerprint density at radius 1 is 1.04 bits per heavy atom. The van der Waals surface area contributed by atoms with Gasteiger partial charge in [0.15, 0.2) is 0 Å². The van der Waals surface area contributed by atoms with Gasteiger partial charge in [0, 0.05) is 5.69 Å². The van der Waals surface area contributed by atoms with Crippen molar-refractivity contribution in [3.05, 3.63) is 77.6 Å². The van der Waals surface area contributed by atoms with Gasteiger partial charge in [-0.2, -0.15) is 13.7 Å². The first-order chi connectivity index (χ1) is 13.5. The summed E-state index contributed by atoms with van der Waals surface area (Å²) in [7, 11) is -3.75. The molecule has 8 heteroatoms. The van der Waals surface area contributed by atoms with Crippen molar-refractivity contribution in [1.82, 2.24) is 9.97 Å². The van der Waals surface area contributed by atoms with Crippen LogP contribution in [0.15, 0.2) is 65.8 Å². The maximum absolute atomic E-state index is 12.2. The molecule has 1 aromatic heterocycles. The molecule has 0 aliphatic rings. The predicted octanol–water partition coefficient (Wildman–Crippen LogP) is 3.35. The first kappa shape index (κ1) is 19.5. The average Bonchev–Trinajstić information content (AvgIpc) is 2.70. The third-order valence-electron chi connectivity index (χ3n) is 3.93. The summed E-state index contributed by atoms with van der Waals surface area (Å²) < 4.78 is 29.5. The van der Waals surface area contributed by atoms with Crippen molar-refractivity contribution in [1.29, 1.82) is 5.26 Å². The monoisotopic (exact) mass is 394 g/mol. The Balaban J connectivity index is 1.54. The molecule has 0 aliphatic heterocycles. The second kappa shape index (κ2) is 8.61. The number of hydrogen-bond donors (Lipinski definition) is 1. The van der Waals surface area contributed by atoms with Crippen LogP contribution in [-0.2, 0) is 20.7 Å². The molecule has 3 rings (SSSR count). The number of rotatable bonds is 7. The van der Waals surface area contributed by atoms with E-state index >= 15 is 0 Å². The van der Waals surface area contributed by atoms with Crippen LogP contribution >= 0.6 is 0 Å². The van der Waals surface area contributed by atoms with Crippen LogP contribution < -0.4 is 5.32 Å². The summed E-state index contributed by atoms with van der Waals surface area (Å²) in [4.78, 5) is 8.25. The molecular weight excluding hydrogens is 376 g/mol. The van der Waals surface area contributed by atoms with E-state index < -0.39 is 10.1 Å². The molecule has 1 heterocycles. The molecule has 0 spiro atoms. The van der Waals surface area contributed by atoms with Gasteiger partial charge in [0.2, 0.25) is 5.95 Å². The zero-order chi connectivity index (χ0) is 20.0. The van der Waals surface area contributed by atoms with Gasteiger partial charge in [0.05, 0.1) is 29.5 Å². The Hall–Kier alpha value is -3.28. The largest absolute Gasteiger partial charge is 0.324 e. The van der Waals surface area contributed by atoms with Gasteiger partial charge >= 0.3 is 0 Å². The van der Waals surface area contributed by atoms with E-state index in [-0.39, 0.29) is 11.5 Å². The predicted molar refractivity (Wildman–Crippen MR) is 104 cm³/mol. The number of nitrogens with one attached hydrogen (secondary N) is 1. The standard InChI is InChI=1S/C20H18N4O3S/c1-15-2-8-19(9-3-15)28(25,26)27-11-10-16-4-6-18(7-5-16)24-20-22-13-17(12-21)14-23-20/h2-9,13-14H,10-11H2,1H3,(H,22,23,24). The molecular formula is C20H18N4O3S. The quantitative estimate of drug-likeness (QED) is 0.613. The number of aryl methyl sites for hydroxylation is 1. The summed E-state index contributed by atoms with van der Waals surface area (Å²) in [5.74, 6) is 0.388. The van der Waals surface area contributed by atoms with E-state index in [9.17, 15) is 8.42 Å². The van der Waals surface area contributed by atoms with Gasteiger partial charge in [-0.25, -0.2) is 9.97 Å². The third-order valence-corrected chi connectivity index (χ3v) is 5.26. The lowest BCUT2D eigenvalue weighted by Crippen LogP contribution is -2.09. The molecule has 0 atom stereocenters. The van der Waals surface area contributed by atoms with E-state index in [1.807, 2.05) is 37.3 Å². The van der Waals surface area contributed by atoms with E-state index in [0.717, 1.165) is 16.8 Å². The molecule has 28 heavy (non-hydrogen) atoms. The average molecular weight is 394 g/mol. The van der Waals surface area contributed by atoms with Gasteiger partial charge in [-0.15, -0.1) is 0 Å². The van der Waals surface area contributed by atoms with Crippen LogP contribution in [0.3, 0.4) is 0 Å². The van der Waals surface area contributed by atoms with E-state index in [4.69, 9.17) is 9.44 Å². The molecule has 0 aliphatic carbocycles. The zero-order valence-corrected chi connectivity index (χ0v) is 16.0. The van der Waals surface area contributed by atoms with Crippen LogP contribution in [0.25, 0.3) is 0 Å². The van der Waals surface area contributed by atoms with Crippen LogP contribution in [0.5, 0.6) is 0 Å². The van der Waals surface area contributed by atoms with Gasteiger partial charge in [0.25, 0.3) is 10.1 Å². The van der Waals surface area contributed by atoms with Crippen molar-refractivity contribution in [2.24, 2.45) is 0 Å². The highest BCUT2D eigenvalue weighted by molar-refractivity contribution is 7.86. The Morgan fingerprint density at radius 2 is 1.68 bits per heavy atom. The molecule has 0 radical (unpaired) electrons. The minimum atomic E-state index is -3.75. The SMILES string of the molecule is Cc1ccc(S(=O)(=O)OCCc2ccc(Nc3ncc(C#N)cn3)cc2)cc1. The minimum Gasteiger partial charge on any atom is -0.324 e.